The monoisotopic (exact) mass is 278 g/mol. The zero-order valence-corrected chi connectivity index (χ0v) is 11.9. The standard InChI is InChI=1S/C15H14N6/c1-10-11(2)20(7-12-5-3-4-6-16-12)14-13(10)15-17-8-19-21(15)9-18-14/h3-6,8-9H,7H2,1-2H3. The Morgan fingerprint density at radius 3 is 2.76 bits per heavy atom. The molecule has 4 aromatic rings. The van der Waals surface area contributed by atoms with Crippen LogP contribution in [0.1, 0.15) is 17.0 Å². The lowest BCUT2D eigenvalue weighted by Gasteiger charge is -2.07. The maximum absolute atomic E-state index is 4.56. The fourth-order valence-electron chi connectivity index (χ4n) is 2.72. The van der Waals surface area contributed by atoms with Gasteiger partial charge >= 0.3 is 0 Å². The van der Waals surface area contributed by atoms with E-state index < -0.39 is 0 Å². The van der Waals surface area contributed by atoms with Crippen LogP contribution in [0.15, 0.2) is 37.1 Å². The Morgan fingerprint density at radius 2 is 1.95 bits per heavy atom. The summed E-state index contributed by atoms with van der Waals surface area (Å²) in [5.41, 5.74) is 5.16. The van der Waals surface area contributed by atoms with Gasteiger partial charge in [0.05, 0.1) is 17.6 Å². The Labute approximate surface area is 121 Å². The average molecular weight is 278 g/mol. The first kappa shape index (κ1) is 12.0. The van der Waals surface area contributed by atoms with E-state index in [1.807, 2.05) is 24.4 Å². The van der Waals surface area contributed by atoms with Crippen molar-refractivity contribution >= 4 is 16.7 Å². The molecule has 6 nitrogen and oxygen atoms in total. The van der Waals surface area contributed by atoms with E-state index in [0.29, 0.717) is 6.54 Å². The van der Waals surface area contributed by atoms with Crippen molar-refractivity contribution in [2.45, 2.75) is 20.4 Å². The summed E-state index contributed by atoms with van der Waals surface area (Å²) in [6.45, 7) is 4.91. The zero-order valence-electron chi connectivity index (χ0n) is 11.9. The van der Waals surface area contributed by atoms with Gasteiger partial charge in [-0.1, -0.05) is 6.07 Å². The summed E-state index contributed by atoms with van der Waals surface area (Å²) in [5, 5.41) is 5.21. The summed E-state index contributed by atoms with van der Waals surface area (Å²) < 4.78 is 3.89. The summed E-state index contributed by atoms with van der Waals surface area (Å²) in [7, 11) is 0. The van der Waals surface area contributed by atoms with Crippen molar-refractivity contribution in [3.63, 3.8) is 0 Å². The summed E-state index contributed by atoms with van der Waals surface area (Å²) in [5.74, 6) is 0. The molecule has 0 saturated heterocycles. The second kappa shape index (κ2) is 4.37. The van der Waals surface area contributed by atoms with E-state index in [9.17, 15) is 0 Å². The minimum Gasteiger partial charge on any atom is -0.323 e. The molecule has 0 aromatic carbocycles. The summed E-state index contributed by atoms with van der Waals surface area (Å²) in [4.78, 5) is 13.3. The van der Waals surface area contributed by atoms with E-state index in [0.717, 1.165) is 22.4 Å². The van der Waals surface area contributed by atoms with Crippen molar-refractivity contribution in [1.29, 1.82) is 0 Å². The molecule has 0 N–H and O–H groups in total. The lowest BCUT2D eigenvalue weighted by atomic mass is 10.2. The molecule has 0 spiro atoms. The highest BCUT2D eigenvalue weighted by Gasteiger charge is 2.16. The van der Waals surface area contributed by atoms with E-state index in [1.54, 1.807) is 17.2 Å². The topological polar surface area (TPSA) is 60.9 Å². The number of fused-ring (bicyclic) bond motifs is 3. The number of hydrogen-bond donors (Lipinski definition) is 0. The van der Waals surface area contributed by atoms with Crippen molar-refractivity contribution in [3.05, 3.63) is 54.0 Å². The van der Waals surface area contributed by atoms with Crippen molar-refractivity contribution in [2.24, 2.45) is 0 Å². The van der Waals surface area contributed by atoms with Crippen molar-refractivity contribution in [1.82, 2.24) is 29.1 Å². The van der Waals surface area contributed by atoms with Gasteiger partial charge in [-0.3, -0.25) is 4.98 Å². The summed E-state index contributed by atoms with van der Waals surface area (Å²) in [6.07, 6.45) is 5.08. The van der Waals surface area contributed by atoms with Gasteiger partial charge in [-0.2, -0.15) is 5.10 Å². The van der Waals surface area contributed by atoms with Crippen molar-refractivity contribution in [3.8, 4) is 0 Å². The first-order valence-corrected chi connectivity index (χ1v) is 6.79. The van der Waals surface area contributed by atoms with E-state index in [4.69, 9.17) is 0 Å². The third-order valence-corrected chi connectivity index (χ3v) is 3.93. The van der Waals surface area contributed by atoms with Crippen LogP contribution in [0.4, 0.5) is 0 Å². The van der Waals surface area contributed by atoms with Gasteiger partial charge in [0, 0.05) is 11.9 Å². The molecule has 0 amide bonds. The van der Waals surface area contributed by atoms with Gasteiger partial charge in [0.25, 0.3) is 0 Å². The van der Waals surface area contributed by atoms with E-state index in [2.05, 4.69) is 38.5 Å². The number of nitrogens with zero attached hydrogens (tertiary/aromatic N) is 6. The number of hydrogen-bond acceptors (Lipinski definition) is 4. The lowest BCUT2D eigenvalue weighted by Crippen LogP contribution is -2.04. The van der Waals surface area contributed by atoms with Gasteiger partial charge in [-0.15, -0.1) is 0 Å². The Bertz CT molecular complexity index is 935. The molecule has 0 unspecified atom stereocenters. The van der Waals surface area contributed by atoms with E-state index >= 15 is 0 Å². The second-order valence-corrected chi connectivity index (χ2v) is 5.09. The SMILES string of the molecule is Cc1c(C)n(Cc2ccccn2)c2ncn3ncnc3c12. The Balaban J connectivity index is 1.99. The molecule has 0 aliphatic heterocycles. The van der Waals surface area contributed by atoms with Gasteiger partial charge < -0.3 is 4.57 Å². The third kappa shape index (κ3) is 1.72. The molecular formula is C15H14N6. The normalized spacial score (nSPS) is 11.5. The van der Waals surface area contributed by atoms with Crippen LogP contribution in [-0.2, 0) is 6.54 Å². The number of pyridine rings is 1. The number of aryl methyl sites for hydroxylation is 1. The Hall–Kier alpha value is -2.76. The summed E-state index contributed by atoms with van der Waals surface area (Å²) in [6, 6.07) is 5.95. The van der Waals surface area contributed by atoms with Crippen LogP contribution in [0.2, 0.25) is 0 Å². The van der Waals surface area contributed by atoms with Crippen LogP contribution in [0.25, 0.3) is 16.7 Å². The fourth-order valence-corrected chi connectivity index (χ4v) is 2.72. The van der Waals surface area contributed by atoms with Crippen LogP contribution in [0, 0.1) is 13.8 Å². The maximum Gasteiger partial charge on any atom is 0.168 e. The molecule has 4 heterocycles. The molecule has 4 rings (SSSR count). The minimum atomic E-state index is 0.703. The second-order valence-electron chi connectivity index (χ2n) is 5.09. The predicted octanol–water partition coefficient (Wildman–Crippen LogP) is 2.14. The smallest absolute Gasteiger partial charge is 0.168 e. The maximum atomic E-state index is 4.56. The molecule has 0 atom stereocenters. The molecule has 21 heavy (non-hydrogen) atoms. The molecule has 0 bridgehead atoms. The molecule has 104 valence electrons. The number of aromatic nitrogens is 6. The van der Waals surface area contributed by atoms with Crippen LogP contribution in [-0.4, -0.2) is 29.1 Å². The van der Waals surface area contributed by atoms with Gasteiger partial charge in [0.15, 0.2) is 5.65 Å². The molecule has 0 aliphatic rings. The Morgan fingerprint density at radius 1 is 1.05 bits per heavy atom. The molecule has 0 saturated carbocycles. The molecule has 0 fully saturated rings. The van der Waals surface area contributed by atoms with E-state index in [1.165, 1.54) is 11.3 Å². The molecule has 6 heteroatoms. The molecule has 0 radical (unpaired) electrons. The third-order valence-electron chi connectivity index (χ3n) is 3.93. The first-order valence-electron chi connectivity index (χ1n) is 6.79. The first-order chi connectivity index (χ1) is 10.3. The average Bonchev–Trinajstić information content (AvgIpc) is 3.07. The van der Waals surface area contributed by atoms with Gasteiger partial charge in [-0.25, -0.2) is 14.5 Å². The molecular weight excluding hydrogens is 264 g/mol. The number of rotatable bonds is 2. The van der Waals surface area contributed by atoms with Crippen LogP contribution in [0.5, 0.6) is 0 Å². The fraction of sp³-hybridized carbons (Fsp3) is 0.200. The predicted molar refractivity (Wildman–Crippen MR) is 79.1 cm³/mol. The van der Waals surface area contributed by atoms with E-state index in [-0.39, 0.29) is 0 Å². The van der Waals surface area contributed by atoms with Gasteiger partial charge in [0.2, 0.25) is 0 Å². The minimum absolute atomic E-state index is 0.703. The van der Waals surface area contributed by atoms with Crippen LogP contribution < -0.4 is 0 Å². The highest BCUT2D eigenvalue weighted by atomic mass is 15.3. The van der Waals surface area contributed by atoms with Gasteiger partial charge in [0.1, 0.15) is 18.3 Å². The van der Waals surface area contributed by atoms with Crippen LogP contribution in [0.3, 0.4) is 0 Å². The zero-order chi connectivity index (χ0) is 14.4. The Kier molecular flexibility index (Phi) is 2.50. The largest absolute Gasteiger partial charge is 0.323 e. The summed E-state index contributed by atoms with van der Waals surface area (Å²) >= 11 is 0. The van der Waals surface area contributed by atoms with Crippen molar-refractivity contribution in [2.75, 3.05) is 0 Å². The lowest BCUT2D eigenvalue weighted by molar-refractivity contribution is 0.766. The quantitative estimate of drug-likeness (QED) is 0.563. The van der Waals surface area contributed by atoms with Gasteiger partial charge in [-0.05, 0) is 31.5 Å². The van der Waals surface area contributed by atoms with Crippen LogP contribution >= 0.6 is 0 Å². The highest BCUT2D eigenvalue weighted by Crippen LogP contribution is 2.26. The molecule has 0 aliphatic carbocycles. The van der Waals surface area contributed by atoms with Crippen molar-refractivity contribution < 1.29 is 0 Å². The highest BCUT2D eigenvalue weighted by molar-refractivity contribution is 5.93. The molecule has 4 aromatic heterocycles.